The summed E-state index contributed by atoms with van der Waals surface area (Å²) in [5, 5.41) is 11.5. The number of benzene rings is 1. The first-order chi connectivity index (χ1) is 15.4. The Hall–Kier alpha value is -2.57. The molecule has 2 N–H and O–H groups in total. The molecule has 2 rings (SSSR count). The maximum absolute atomic E-state index is 13.2. The number of amides is 2. The van der Waals surface area contributed by atoms with Crippen LogP contribution in [0, 0.1) is 11.5 Å². The highest BCUT2D eigenvalue weighted by molar-refractivity contribution is 8.01. The lowest BCUT2D eigenvalue weighted by atomic mass is 10.1. The number of carbonyl (C=O) groups excluding carboxylic acids is 2. The van der Waals surface area contributed by atoms with Gasteiger partial charge in [0.25, 0.3) is 11.8 Å². The second-order valence-corrected chi connectivity index (χ2v) is 9.34. The Balaban J connectivity index is 2.08. The highest BCUT2D eigenvalue weighted by atomic mass is 32.2. The number of rotatable bonds is 11. The van der Waals surface area contributed by atoms with Crippen molar-refractivity contribution < 1.29 is 14.4 Å². The minimum absolute atomic E-state index is 0.00353. The fourth-order valence-corrected chi connectivity index (χ4v) is 4.85. The van der Waals surface area contributed by atoms with Crippen molar-refractivity contribution in [1.82, 2.24) is 15.7 Å². The average molecular weight is 460 g/mol. The van der Waals surface area contributed by atoms with Crippen molar-refractivity contribution in [2.75, 3.05) is 18.8 Å². The average Bonchev–Trinajstić information content (AvgIpc) is 2.78. The summed E-state index contributed by atoms with van der Waals surface area (Å²) >= 11 is 1.31. The lowest BCUT2D eigenvalue weighted by molar-refractivity contribution is -0.133. The molecule has 0 spiro atoms. The molecule has 1 unspecified atom stereocenters. The predicted octanol–water partition coefficient (Wildman–Crippen LogP) is 3.39. The van der Waals surface area contributed by atoms with Crippen molar-refractivity contribution in [1.29, 1.82) is 5.26 Å². The van der Waals surface area contributed by atoms with E-state index < -0.39 is 16.7 Å². The fraction of sp³-hybridized carbons (Fsp3) is 0.565. The van der Waals surface area contributed by atoms with E-state index in [2.05, 4.69) is 26.8 Å². The Labute approximate surface area is 194 Å². The number of likely N-dealkylation sites (tertiary alicyclic amines) is 1. The molecule has 1 aromatic rings. The van der Waals surface area contributed by atoms with Crippen LogP contribution in [0.4, 0.5) is 0 Å². The summed E-state index contributed by atoms with van der Waals surface area (Å²) < 4.78 is 0. The molecule has 32 heavy (non-hydrogen) atoms. The lowest BCUT2D eigenvalue weighted by Gasteiger charge is -2.32. The van der Waals surface area contributed by atoms with Gasteiger partial charge in [-0.3, -0.25) is 14.5 Å². The summed E-state index contributed by atoms with van der Waals surface area (Å²) in [4.78, 5) is 35.9. The second kappa shape index (κ2) is 13.1. The van der Waals surface area contributed by atoms with E-state index in [4.69, 9.17) is 10.1 Å². The van der Waals surface area contributed by atoms with Crippen molar-refractivity contribution >= 4 is 29.3 Å². The van der Waals surface area contributed by atoms with Crippen LogP contribution in [0.1, 0.15) is 58.4 Å². The third-order valence-corrected chi connectivity index (χ3v) is 6.51. The zero-order valence-electron chi connectivity index (χ0n) is 19.1. The van der Waals surface area contributed by atoms with E-state index in [-0.39, 0.29) is 5.71 Å². The number of aliphatic imine (C=N–C) groups is 1. The van der Waals surface area contributed by atoms with Crippen LogP contribution in [0.5, 0.6) is 5.75 Å². The molecule has 0 saturated carbocycles. The monoisotopic (exact) mass is 459 g/mol. The van der Waals surface area contributed by atoms with Crippen LogP contribution < -0.4 is 15.6 Å². The van der Waals surface area contributed by atoms with E-state index in [9.17, 15) is 9.59 Å². The van der Waals surface area contributed by atoms with Gasteiger partial charge in [-0.2, -0.15) is 15.7 Å². The molecule has 8 nitrogen and oxygen atoms in total. The molecule has 1 aliphatic rings. The van der Waals surface area contributed by atoms with E-state index >= 15 is 0 Å². The third kappa shape index (κ3) is 7.53. The number of carbonyl (C=O) groups is 2. The maximum atomic E-state index is 13.2. The van der Waals surface area contributed by atoms with E-state index in [1.807, 2.05) is 26.0 Å². The molecule has 0 aliphatic carbocycles. The molecule has 1 heterocycles. The molecule has 0 radical (unpaired) electrons. The zero-order valence-corrected chi connectivity index (χ0v) is 20.0. The zero-order chi connectivity index (χ0) is 23.4. The number of hydrogen-bond acceptors (Lipinski definition) is 7. The van der Waals surface area contributed by atoms with Crippen LogP contribution in [0.25, 0.3) is 0 Å². The Kier molecular flexibility index (Phi) is 10.5. The van der Waals surface area contributed by atoms with Gasteiger partial charge in [0.1, 0.15) is 5.71 Å². The van der Waals surface area contributed by atoms with Crippen molar-refractivity contribution in [2.45, 2.75) is 64.3 Å². The quantitative estimate of drug-likeness (QED) is 0.227. The first-order valence-electron chi connectivity index (χ1n) is 11.1. The number of thioether (sulfide) groups is 1. The molecule has 2 amide bonds. The number of nitrogens with one attached hydrogen (secondary N) is 2. The molecule has 1 saturated heterocycles. The van der Waals surface area contributed by atoms with Crippen LogP contribution in [-0.2, 0) is 16.1 Å². The van der Waals surface area contributed by atoms with E-state index in [1.54, 1.807) is 12.3 Å². The highest BCUT2D eigenvalue weighted by Gasteiger charge is 2.40. The molecule has 174 valence electrons. The van der Waals surface area contributed by atoms with E-state index in [1.165, 1.54) is 37.9 Å². The molecular formula is C23H33N5O3S. The van der Waals surface area contributed by atoms with Gasteiger partial charge in [-0.1, -0.05) is 38.8 Å². The van der Waals surface area contributed by atoms with Gasteiger partial charge in [0, 0.05) is 6.54 Å². The topological polar surface area (TPSA) is 107 Å². The number of nitriles is 1. The van der Waals surface area contributed by atoms with Gasteiger partial charge in [-0.25, -0.2) is 0 Å². The van der Waals surface area contributed by atoms with Gasteiger partial charge in [-0.05, 0) is 62.7 Å². The van der Waals surface area contributed by atoms with Crippen LogP contribution in [0.15, 0.2) is 29.3 Å². The molecule has 1 aromatic carbocycles. The molecule has 1 fully saturated rings. The van der Waals surface area contributed by atoms with Crippen molar-refractivity contribution in [2.24, 2.45) is 4.99 Å². The Morgan fingerprint density at radius 3 is 2.69 bits per heavy atom. The van der Waals surface area contributed by atoms with E-state index in [0.29, 0.717) is 24.3 Å². The first-order valence-corrected chi connectivity index (χ1v) is 12.1. The number of nitrogens with zero attached hydrogens (tertiary/aromatic N) is 3. The molecule has 9 heteroatoms. The maximum Gasteiger partial charge on any atom is 0.288 e. The summed E-state index contributed by atoms with van der Waals surface area (Å²) in [5.74, 6) is 0.131. The third-order valence-electron chi connectivity index (χ3n) is 5.24. The van der Waals surface area contributed by atoms with Crippen molar-refractivity contribution in [3.05, 3.63) is 29.8 Å². The minimum atomic E-state index is -1.22. The standard InChI is InChI=1S/C23H33N5O3S/c1-4-12-23(32-5-2,26-21(29)18(3)25-17-24)22(30)27-31-20-11-9-10-19(15-20)16-28-13-7-6-8-14-28/h9-11,15H,4-8,12-14,16H2,1-3H3,(H,26,29)(H,27,30). The lowest BCUT2D eigenvalue weighted by Crippen LogP contribution is -2.58. The SMILES string of the molecule is CCCC(NC(=O)C(C)=NC#N)(SCC)C(=O)NOc1cccc(CN2CCCCC2)c1. The van der Waals surface area contributed by atoms with Crippen LogP contribution in [0.2, 0.25) is 0 Å². The molecule has 0 bridgehead atoms. The predicted molar refractivity (Wildman–Crippen MR) is 127 cm³/mol. The van der Waals surface area contributed by atoms with Crippen LogP contribution >= 0.6 is 11.8 Å². The van der Waals surface area contributed by atoms with Gasteiger partial charge in [-0.15, -0.1) is 11.8 Å². The number of hydrogen-bond donors (Lipinski definition) is 2. The smallest absolute Gasteiger partial charge is 0.288 e. The van der Waals surface area contributed by atoms with Crippen molar-refractivity contribution in [3.63, 3.8) is 0 Å². The van der Waals surface area contributed by atoms with E-state index in [0.717, 1.165) is 25.2 Å². The van der Waals surface area contributed by atoms with Gasteiger partial charge in [0.15, 0.2) is 10.6 Å². The Bertz CT molecular complexity index is 840. The summed E-state index contributed by atoms with van der Waals surface area (Å²) in [5.41, 5.74) is 3.65. The van der Waals surface area contributed by atoms with Gasteiger partial charge >= 0.3 is 0 Å². The van der Waals surface area contributed by atoms with Gasteiger partial charge < -0.3 is 10.2 Å². The summed E-state index contributed by atoms with van der Waals surface area (Å²) in [6.07, 6.45) is 6.42. The fourth-order valence-electron chi connectivity index (χ4n) is 3.68. The Morgan fingerprint density at radius 2 is 2.03 bits per heavy atom. The summed E-state index contributed by atoms with van der Waals surface area (Å²) in [7, 11) is 0. The van der Waals surface area contributed by atoms with Gasteiger partial charge in [0.2, 0.25) is 6.19 Å². The summed E-state index contributed by atoms with van der Waals surface area (Å²) in [6, 6.07) is 7.67. The minimum Gasteiger partial charge on any atom is -0.379 e. The molecule has 1 aliphatic heterocycles. The number of piperidine rings is 1. The Morgan fingerprint density at radius 1 is 1.28 bits per heavy atom. The second-order valence-electron chi connectivity index (χ2n) is 7.78. The van der Waals surface area contributed by atoms with Crippen LogP contribution in [0.3, 0.4) is 0 Å². The number of hydroxylamine groups is 1. The highest BCUT2D eigenvalue weighted by Crippen LogP contribution is 2.28. The first kappa shape index (κ1) is 25.7. The van der Waals surface area contributed by atoms with Gasteiger partial charge in [0.05, 0.1) is 0 Å². The molecular weight excluding hydrogens is 426 g/mol. The molecule has 0 aromatic heterocycles. The van der Waals surface area contributed by atoms with Crippen LogP contribution in [-0.4, -0.2) is 46.1 Å². The van der Waals surface area contributed by atoms with Crippen molar-refractivity contribution in [3.8, 4) is 11.9 Å². The molecule has 1 atom stereocenters. The normalized spacial score (nSPS) is 16.5. The largest absolute Gasteiger partial charge is 0.379 e. The summed E-state index contributed by atoms with van der Waals surface area (Å²) in [6.45, 7) is 8.34.